The van der Waals surface area contributed by atoms with Gasteiger partial charge in [-0.15, -0.1) is 12.4 Å². The number of nitrogens with zero attached hydrogens (tertiary/aromatic N) is 1. The summed E-state index contributed by atoms with van der Waals surface area (Å²) in [7, 11) is 0. The molecule has 0 saturated carbocycles. The maximum atomic E-state index is 5.82. The van der Waals surface area contributed by atoms with Crippen molar-refractivity contribution in [2.75, 3.05) is 26.2 Å². The highest BCUT2D eigenvalue weighted by Gasteiger charge is 2.00. The first kappa shape index (κ1) is 19.5. The second-order valence-corrected chi connectivity index (χ2v) is 5.50. The van der Waals surface area contributed by atoms with E-state index in [0.29, 0.717) is 0 Å². The predicted molar refractivity (Wildman–Crippen MR) is 101 cm³/mol. The van der Waals surface area contributed by atoms with E-state index in [-0.39, 0.29) is 12.4 Å². The lowest BCUT2D eigenvalue weighted by Gasteiger charge is -2.18. The normalized spacial score (nSPS) is 10.4. The number of rotatable bonds is 9. The Balaban J connectivity index is 0.00000264. The quantitative estimate of drug-likeness (QED) is 0.664. The van der Waals surface area contributed by atoms with E-state index in [1.807, 2.05) is 0 Å². The van der Waals surface area contributed by atoms with Gasteiger partial charge in [-0.25, -0.2) is 0 Å². The van der Waals surface area contributed by atoms with Gasteiger partial charge in [-0.2, -0.15) is 0 Å². The minimum Gasteiger partial charge on any atom is -0.492 e. The first-order valence-corrected chi connectivity index (χ1v) is 8.29. The Labute approximate surface area is 146 Å². The van der Waals surface area contributed by atoms with E-state index >= 15 is 0 Å². The minimum atomic E-state index is 0. The van der Waals surface area contributed by atoms with Crippen molar-refractivity contribution in [3.63, 3.8) is 0 Å². The second kappa shape index (κ2) is 11.1. The van der Waals surface area contributed by atoms with Crippen molar-refractivity contribution in [1.82, 2.24) is 4.90 Å². The lowest BCUT2D eigenvalue weighted by atomic mass is 10.0. The number of benzene rings is 2. The van der Waals surface area contributed by atoms with Crippen LogP contribution in [0.4, 0.5) is 0 Å². The number of likely N-dealkylation sites (N-methyl/N-ethyl adjacent to an activating group) is 1. The molecule has 2 aromatic rings. The van der Waals surface area contributed by atoms with Gasteiger partial charge in [0.25, 0.3) is 0 Å². The van der Waals surface area contributed by atoms with Gasteiger partial charge < -0.3 is 9.64 Å². The fraction of sp³-hybridized carbons (Fsp3) is 0.400. The van der Waals surface area contributed by atoms with E-state index in [0.717, 1.165) is 44.8 Å². The molecule has 23 heavy (non-hydrogen) atoms. The van der Waals surface area contributed by atoms with Crippen LogP contribution < -0.4 is 4.74 Å². The first-order chi connectivity index (χ1) is 10.8. The Hall–Kier alpha value is -1.51. The standard InChI is InChI=1S/C20H27NO.ClH/c1-3-21(4-2)16-17-22-20-14-12-19(13-15-20)11-10-18-8-6-5-7-9-18;/h5-9,12-15H,3-4,10-11,16-17H2,1-2H3;1H. The summed E-state index contributed by atoms with van der Waals surface area (Å²) in [5.41, 5.74) is 2.75. The topological polar surface area (TPSA) is 12.5 Å². The molecule has 126 valence electrons. The van der Waals surface area contributed by atoms with Gasteiger partial charge in [0.1, 0.15) is 12.4 Å². The molecule has 3 heteroatoms. The largest absolute Gasteiger partial charge is 0.492 e. The molecule has 2 rings (SSSR count). The third-order valence-electron chi connectivity index (χ3n) is 4.04. The SMILES string of the molecule is CCN(CC)CCOc1ccc(CCc2ccccc2)cc1.Cl. The van der Waals surface area contributed by atoms with Crippen LogP contribution in [0.5, 0.6) is 5.75 Å². The summed E-state index contributed by atoms with van der Waals surface area (Å²) in [6.45, 7) is 8.28. The zero-order chi connectivity index (χ0) is 15.6. The summed E-state index contributed by atoms with van der Waals surface area (Å²) >= 11 is 0. The minimum absolute atomic E-state index is 0. The van der Waals surface area contributed by atoms with Gasteiger partial charge in [0.2, 0.25) is 0 Å². The van der Waals surface area contributed by atoms with Crippen molar-refractivity contribution in [1.29, 1.82) is 0 Å². The molecule has 0 unspecified atom stereocenters. The Morgan fingerprint density at radius 2 is 1.35 bits per heavy atom. The maximum absolute atomic E-state index is 5.82. The Morgan fingerprint density at radius 1 is 0.783 bits per heavy atom. The van der Waals surface area contributed by atoms with Crippen molar-refractivity contribution < 1.29 is 4.74 Å². The van der Waals surface area contributed by atoms with Crippen LogP contribution in [0.2, 0.25) is 0 Å². The fourth-order valence-electron chi connectivity index (χ4n) is 2.52. The zero-order valence-electron chi connectivity index (χ0n) is 14.2. The highest BCUT2D eigenvalue weighted by atomic mass is 35.5. The number of hydrogen-bond acceptors (Lipinski definition) is 2. The number of ether oxygens (including phenoxy) is 1. The Kier molecular flexibility index (Phi) is 9.42. The van der Waals surface area contributed by atoms with Crippen molar-refractivity contribution in [2.24, 2.45) is 0 Å². The molecule has 2 aromatic carbocycles. The van der Waals surface area contributed by atoms with E-state index in [9.17, 15) is 0 Å². The predicted octanol–water partition coefficient (Wildman–Crippen LogP) is 4.61. The average Bonchev–Trinajstić information content (AvgIpc) is 2.59. The van der Waals surface area contributed by atoms with Crippen molar-refractivity contribution in [2.45, 2.75) is 26.7 Å². The highest BCUT2D eigenvalue weighted by molar-refractivity contribution is 5.85. The van der Waals surface area contributed by atoms with Gasteiger partial charge in [0, 0.05) is 6.54 Å². The molecule has 0 aromatic heterocycles. The van der Waals surface area contributed by atoms with Crippen molar-refractivity contribution in [3.05, 3.63) is 65.7 Å². The van der Waals surface area contributed by atoms with E-state index < -0.39 is 0 Å². The van der Waals surface area contributed by atoms with E-state index in [4.69, 9.17) is 4.74 Å². The summed E-state index contributed by atoms with van der Waals surface area (Å²) in [5.74, 6) is 0.968. The van der Waals surface area contributed by atoms with Gasteiger partial charge in [-0.1, -0.05) is 56.3 Å². The average molecular weight is 334 g/mol. The molecule has 0 saturated heterocycles. The molecule has 0 atom stereocenters. The molecule has 2 nitrogen and oxygen atoms in total. The molecule has 0 bridgehead atoms. The Morgan fingerprint density at radius 3 is 1.91 bits per heavy atom. The molecule has 0 fully saturated rings. The molecule has 0 aliphatic carbocycles. The summed E-state index contributed by atoms with van der Waals surface area (Å²) in [5, 5.41) is 0. The molecule has 0 N–H and O–H groups in total. The van der Waals surface area contributed by atoms with Crippen LogP contribution in [0, 0.1) is 0 Å². The van der Waals surface area contributed by atoms with E-state index in [2.05, 4.69) is 73.3 Å². The highest BCUT2D eigenvalue weighted by Crippen LogP contribution is 2.14. The van der Waals surface area contributed by atoms with Crippen LogP contribution in [0.15, 0.2) is 54.6 Å². The monoisotopic (exact) mass is 333 g/mol. The Bertz CT molecular complexity index is 523. The molecular weight excluding hydrogens is 306 g/mol. The molecule has 0 aliphatic rings. The lowest BCUT2D eigenvalue weighted by molar-refractivity contribution is 0.223. The van der Waals surface area contributed by atoms with Gasteiger partial charge >= 0.3 is 0 Å². The maximum Gasteiger partial charge on any atom is 0.119 e. The second-order valence-electron chi connectivity index (χ2n) is 5.50. The van der Waals surface area contributed by atoms with Crippen LogP contribution in [0.25, 0.3) is 0 Å². The van der Waals surface area contributed by atoms with Gasteiger partial charge in [0.05, 0.1) is 0 Å². The van der Waals surface area contributed by atoms with Crippen LogP contribution in [-0.4, -0.2) is 31.1 Å². The third-order valence-corrected chi connectivity index (χ3v) is 4.04. The van der Waals surface area contributed by atoms with Gasteiger partial charge in [-0.05, 0) is 49.2 Å². The fourth-order valence-corrected chi connectivity index (χ4v) is 2.52. The van der Waals surface area contributed by atoms with E-state index in [1.165, 1.54) is 11.1 Å². The summed E-state index contributed by atoms with van der Waals surface area (Å²) in [6.07, 6.45) is 2.16. The van der Waals surface area contributed by atoms with Crippen LogP contribution in [-0.2, 0) is 12.8 Å². The number of aryl methyl sites for hydroxylation is 2. The van der Waals surface area contributed by atoms with Crippen molar-refractivity contribution >= 4 is 12.4 Å². The molecular formula is C20H28ClNO. The number of hydrogen-bond donors (Lipinski definition) is 0. The molecule has 0 amide bonds. The van der Waals surface area contributed by atoms with Crippen LogP contribution in [0.3, 0.4) is 0 Å². The number of halogens is 1. The van der Waals surface area contributed by atoms with Gasteiger partial charge in [-0.3, -0.25) is 0 Å². The molecule has 0 radical (unpaired) electrons. The van der Waals surface area contributed by atoms with Gasteiger partial charge in [0.15, 0.2) is 0 Å². The third kappa shape index (κ3) is 7.06. The van der Waals surface area contributed by atoms with Crippen LogP contribution in [0.1, 0.15) is 25.0 Å². The first-order valence-electron chi connectivity index (χ1n) is 8.29. The zero-order valence-corrected chi connectivity index (χ0v) is 15.0. The molecule has 0 spiro atoms. The van der Waals surface area contributed by atoms with Crippen LogP contribution >= 0.6 is 12.4 Å². The molecule has 0 aliphatic heterocycles. The van der Waals surface area contributed by atoms with E-state index in [1.54, 1.807) is 0 Å². The summed E-state index contributed by atoms with van der Waals surface area (Å²) < 4.78 is 5.82. The van der Waals surface area contributed by atoms with Crippen molar-refractivity contribution in [3.8, 4) is 5.75 Å². The smallest absolute Gasteiger partial charge is 0.119 e. The molecule has 0 heterocycles. The summed E-state index contributed by atoms with van der Waals surface area (Å²) in [6, 6.07) is 19.2. The lowest BCUT2D eigenvalue weighted by Crippen LogP contribution is -2.27. The summed E-state index contributed by atoms with van der Waals surface area (Å²) in [4.78, 5) is 2.37.